The highest BCUT2D eigenvalue weighted by Gasteiger charge is 2.31. The maximum absolute atomic E-state index is 11.8. The molecule has 0 bridgehead atoms. The summed E-state index contributed by atoms with van der Waals surface area (Å²) in [7, 11) is 0. The zero-order valence-electron chi connectivity index (χ0n) is 9.46. The maximum atomic E-state index is 11.8. The van der Waals surface area contributed by atoms with E-state index in [4.69, 9.17) is 4.74 Å². The lowest BCUT2D eigenvalue weighted by Gasteiger charge is -2.33. The number of carbonyl (C=O) groups is 2. The van der Waals surface area contributed by atoms with Crippen LogP contribution in [0.5, 0.6) is 5.75 Å². The SMILES string of the molecule is CC(=O)c1ccc2c(c1)C(=O)NC(C)(C)O2. The Kier molecular flexibility index (Phi) is 2.22. The largest absolute Gasteiger partial charge is 0.468 e. The number of rotatable bonds is 1. The van der Waals surface area contributed by atoms with Crippen molar-refractivity contribution in [2.24, 2.45) is 0 Å². The molecule has 0 saturated carbocycles. The van der Waals surface area contributed by atoms with Gasteiger partial charge in [-0.3, -0.25) is 9.59 Å². The molecule has 1 aromatic carbocycles. The van der Waals surface area contributed by atoms with E-state index >= 15 is 0 Å². The quantitative estimate of drug-likeness (QED) is 0.732. The molecule has 1 aliphatic heterocycles. The number of hydrogen-bond acceptors (Lipinski definition) is 3. The van der Waals surface area contributed by atoms with E-state index < -0.39 is 5.72 Å². The molecule has 0 radical (unpaired) electrons. The van der Waals surface area contributed by atoms with Crippen molar-refractivity contribution in [3.63, 3.8) is 0 Å². The molecule has 4 heteroatoms. The lowest BCUT2D eigenvalue weighted by atomic mass is 10.0. The first-order chi connectivity index (χ1) is 7.39. The van der Waals surface area contributed by atoms with Crippen molar-refractivity contribution in [1.82, 2.24) is 5.32 Å². The van der Waals surface area contributed by atoms with Crippen LogP contribution in [0.4, 0.5) is 0 Å². The first kappa shape index (κ1) is 10.7. The summed E-state index contributed by atoms with van der Waals surface area (Å²) < 4.78 is 5.58. The van der Waals surface area contributed by atoms with Gasteiger partial charge in [-0.25, -0.2) is 0 Å². The van der Waals surface area contributed by atoms with Gasteiger partial charge in [0.25, 0.3) is 5.91 Å². The number of nitrogens with one attached hydrogen (secondary N) is 1. The van der Waals surface area contributed by atoms with Crippen LogP contribution >= 0.6 is 0 Å². The van der Waals surface area contributed by atoms with Crippen LogP contribution in [-0.4, -0.2) is 17.4 Å². The molecule has 0 saturated heterocycles. The number of amides is 1. The van der Waals surface area contributed by atoms with Crippen LogP contribution in [0.2, 0.25) is 0 Å². The Morgan fingerprint density at radius 3 is 2.69 bits per heavy atom. The predicted octanol–water partition coefficient (Wildman–Crippen LogP) is 1.75. The second-order valence-electron chi connectivity index (χ2n) is 4.33. The molecule has 84 valence electrons. The van der Waals surface area contributed by atoms with Crippen molar-refractivity contribution in [3.8, 4) is 5.75 Å². The highest BCUT2D eigenvalue weighted by atomic mass is 16.5. The fourth-order valence-electron chi connectivity index (χ4n) is 1.66. The summed E-state index contributed by atoms with van der Waals surface area (Å²) in [5.41, 5.74) is 0.214. The fraction of sp³-hybridized carbons (Fsp3) is 0.333. The van der Waals surface area contributed by atoms with Crippen LogP contribution in [-0.2, 0) is 0 Å². The van der Waals surface area contributed by atoms with Gasteiger partial charge in [-0.05, 0) is 39.0 Å². The van der Waals surface area contributed by atoms with Gasteiger partial charge in [0.2, 0.25) is 0 Å². The van der Waals surface area contributed by atoms with Crippen LogP contribution < -0.4 is 10.1 Å². The van der Waals surface area contributed by atoms with E-state index in [2.05, 4.69) is 5.32 Å². The Morgan fingerprint density at radius 1 is 1.38 bits per heavy atom. The number of benzene rings is 1. The summed E-state index contributed by atoms with van der Waals surface area (Å²) in [6.07, 6.45) is 0. The third-order valence-electron chi connectivity index (χ3n) is 2.41. The minimum Gasteiger partial charge on any atom is -0.468 e. The normalized spacial score (nSPS) is 17.1. The molecule has 0 spiro atoms. The highest BCUT2D eigenvalue weighted by Crippen LogP contribution is 2.28. The van der Waals surface area contributed by atoms with Crippen molar-refractivity contribution in [1.29, 1.82) is 0 Å². The Morgan fingerprint density at radius 2 is 2.06 bits per heavy atom. The summed E-state index contributed by atoms with van der Waals surface area (Å²) in [6.45, 7) is 5.01. The molecule has 0 atom stereocenters. The van der Waals surface area contributed by atoms with Crippen molar-refractivity contribution in [2.75, 3.05) is 0 Å². The second kappa shape index (κ2) is 3.33. The number of ketones is 1. The smallest absolute Gasteiger partial charge is 0.258 e. The molecule has 1 N–H and O–H groups in total. The van der Waals surface area contributed by atoms with E-state index in [1.54, 1.807) is 32.0 Å². The number of fused-ring (bicyclic) bond motifs is 1. The minimum atomic E-state index is -0.707. The van der Waals surface area contributed by atoms with Crippen LogP contribution in [0.15, 0.2) is 18.2 Å². The average molecular weight is 219 g/mol. The summed E-state index contributed by atoms with van der Waals surface area (Å²) in [5.74, 6) is 0.230. The Balaban J connectivity index is 2.49. The van der Waals surface area contributed by atoms with Gasteiger partial charge in [-0.2, -0.15) is 0 Å². The molecule has 0 fully saturated rings. The van der Waals surface area contributed by atoms with Gasteiger partial charge in [0, 0.05) is 5.56 Å². The molecule has 0 aliphatic carbocycles. The topological polar surface area (TPSA) is 55.4 Å². The number of hydrogen-bond donors (Lipinski definition) is 1. The highest BCUT2D eigenvalue weighted by molar-refractivity contribution is 6.02. The average Bonchev–Trinajstić information content (AvgIpc) is 2.15. The van der Waals surface area contributed by atoms with Gasteiger partial charge >= 0.3 is 0 Å². The Hall–Kier alpha value is -1.84. The van der Waals surface area contributed by atoms with E-state index in [0.717, 1.165) is 0 Å². The maximum Gasteiger partial charge on any atom is 0.258 e. The summed E-state index contributed by atoms with van der Waals surface area (Å²) in [4.78, 5) is 23.0. The van der Waals surface area contributed by atoms with Gasteiger partial charge in [-0.15, -0.1) is 0 Å². The predicted molar refractivity (Wildman–Crippen MR) is 58.6 cm³/mol. The minimum absolute atomic E-state index is 0.0690. The van der Waals surface area contributed by atoms with Crippen LogP contribution in [0, 0.1) is 0 Å². The van der Waals surface area contributed by atoms with Crippen molar-refractivity contribution in [2.45, 2.75) is 26.5 Å². The molecule has 0 unspecified atom stereocenters. The number of ether oxygens (including phenoxy) is 1. The Labute approximate surface area is 93.6 Å². The second-order valence-corrected chi connectivity index (χ2v) is 4.33. The fourth-order valence-corrected chi connectivity index (χ4v) is 1.66. The van der Waals surface area contributed by atoms with Crippen molar-refractivity contribution in [3.05, 3.63) is 29.3 Å². The molecule has 16 heavy (non-hydrogen) atoms. The lowest BCUT2D eigenvalue weighted by Crippen LogP contribution is -2.51. The van der Waals surface area contributed by atoms with E-state index in [9.17, 15) is 9.59 Å². The molecular weight excluding hydrogens is 206 g/mol. The first-order valence-electron chi connectivity index (χ1n) is 5.05. The standard InChI is InChI=1S/C12H13NO3/c1-7(14)8-4-5-10-9(6-8)11(15)13-12(2,3)16-10/h4-6H,1-3H3,(H,13,15). The number of carbonyl (C=O) groups excluding carboxylic acids is 2. The lowest BCUT2D eigenvalue weighted by molar-refractivity contribution is 0.0433. The summed E-state index contributed by atoms with van der Waals surface area (Å²) in [5, 5.41) is 2.71. The third-order valence-corrected chi connectivity index (χ3v) is 2.41. The van der Waals surface area contributed by atoms with E-state index in [0.29, 0.717) is 16.9 Å². The van der Waals surface area contributed by atoms with Gasteiger partial charge in [0.15, 0.2) is 11.5 Å². The third kappa shape index (κ3) is 1.78. The molecule has 1 aliphatic rings. The van der Waals surface area contributed by atoms with Crippen LogP contribution in [0.25, 0.3) is 0 Å². The van der Waals surface area contributed by atoms with Crippen molar-refractivity contribution >= 4 is 11.7 Å². The molecular formula is C12H13NO3. The molecule has 1 amide bonds. The zero-order chi connectivity index (χ0) is 11.9. The van der Waals surface area contributed by atoms with E-state index in [1.165, 1.54) is 6.92 Å². The van der Waals surface area contributed by atoms with Gasteiger partial charge < -0.3 is 10.1 Å². The van der Waals surface area contributed by atoms with E-state index in [-0.39, 0.29) is 11.7 Å². The van der Waals surface area contributed by atoms with Gasteiger partial charge in [0.05, 0.1) is 5.56 Å². The first-order valence-corrected chi connectivity index (χ1v) is 5.05. The summed E-state index contributed by atoms with van der Waals surface area (Å²) in [6, 6.07) is 4.88. The summed E-state index contributed by atoms with van der Waals surface area (Å²) >= 11 is 0. The van der Waals surface area contributed by atoms with E-state index in [1.807, 2.05) is 0 Å². The number of Topliss-reactive ketones (excluding diaryl/α,β-unsaturated/α-hetero) is 1. The Bertz CT molecular complexity index is 477. The molecule has 1 heterocycles. The zero-order valence-corrected chi connectivity index (χ0v) is 9.46. The molecule has 0 aromatic heterocycles. The van der Waals surface area contributed by atoms with Gasteiger partial charge in [-0.1, -0.05) is 0 Å². The van der Waals surface area contributed by atoms with Crippen LogP contribution in [0.1, 0.15) is 41.5 Å². The monoisotopic (exact) mass is 219 g/mol. The van der Waals surface area contributed by atoms with Crippen molar-refractivity contribution < 1.29 is 14.3 Å². The molecule has 2 rings (SSSR count). The van der Waals surface area contributed by atoms with Crippen LogP contribution in [0.3, 0.4) is 0 Å². The molecule has 1 aromatic rings. The molecule has 4 nitrogen and oxygen atoms in total. The van der Waals surface area contributed by atoms with Gasteiger partial charge in [0.1, 0.15) is 5.75 Å².